The van der Waals surface area contributed by atoms with Crippen LogP contribution in [0.4, 0.5) is 0 Å². The molecule has 0 heterocycles. The van der Waals surface area contributed by atoms with Crippen LogP contribution in [0.1, 0.15) is 25.3 Å². The van der Waals surface area contributed by atoms with Crippen LogP contribution >= 0.6 is 0 Å². The van der Waals surface area contributed by atoms with Crippen LogP contribution in [0.3, 0.4) is 0 Å². The van der Waals surface area contributed by atoms with Crippen molar-refractivity contribution in [2.45, 2.75) is 25.2 Å². The van der Waals surface area contributed by atoms with Crippen LogP contribution in [0.25, 0.3) is 0 Å². The van der Waals surface area contributed by atoms with E-state index in [0.717, 1.165) is 12.8 Å². The highest BCUT2D eigenvalue weighted by Crippen LogP contribution is 2.52. The minimum absolute atomic E-state index is 0.124. The number of nitrogens with zero attached hydrogens (tertiary/aromatic N) is 1. The third kappa shape index (κ3) is 1.52. The van der Waals surface area contributed by atoms with E-state index in [1.165, 1.54) is 0 Å². The highest BCUT2D eigenvalue weighted by Gasteiger charge is 2.47. The summed E-state index contributed by atoms with van der Waals surface area (Å²) < 4.78 is 5.29. The fourth-order valence-corrected chi connectivity index (χ4v) is 1.75. The van der Waals surface area contributed by atoms with E-state index in [2.05, 4.69) is 6.07 Å². The van der Waals surface area contributed by atoms with E-state index in [1.807, 2.05) is 13.0 Å². The van der Waals surface area contributed by atoms with Crippen molar-refractivity contribution in [3.8, 4) is 17.6 Å². The Kier molecular flexibility index (Phi) is 2.28. The third-order valence-corrected chi connectivity index (χ3v) is 2.78. The minimum Gasteiger partial charge on any atom is -0.504 e. The fraction of sp³-hybridized carbons (Fsp3) is 0.417. The zero-order valence-electron chi connectivity index (χ0n) is 8.66. The number of nitriles is 1. The molecule has 0 saturated heterocycles. The van der Waals surface area contributed by atoms with Crippen molar-refractivity contribution in [1.82, 2.24) is 0 Å². The molecule has 1 saturated carbocycles. The van der Waals surface area contributed by atoms with Crippen LogP contribution in [-0.4, -0.2) is 11.7 Å². The topological polar surface area (TPSA) is 53.2 Å². The van der Waals surface area contributed by atoms with Crippen LogP contribution < -0.4 is 4.74 Å². The van der Waals surface area contributed by atoms with E-state index in [-0.39, 0.29) is 5.75 Å². The number of phenols is 1. The first-order valence-corrected chi connectivity index (χ1v) is 5.10. The lowest BCUT2D eigenvalue weighted by Gasteiger charge is -2.12. The average Bonchev–Trinajstić information content (AvgIpc) is 3.02. The molecule has 3 heteroatoms. The second-order valence-corrected chi connectivity index (χ2v) is 3.78. The van der Waals surface area contributed by atoms with Crippen LogP contribution in [-0.2, 0) is 5.41 Å². The van der Waals surface area contributed by atoms with Gasteiger partial charge in [-0.15, -0.1) is 0 Å². The molecule has 0 atom stereocenters. The summed E-state index contributed by atoms with van der Waals surface area (Å²) in [5, 5.41) is 19.0. The quantitative estimate of drug-likeness (QED) is 0.820. The zero-order chi connectivity index (χ0) is 10.9. The molecule has 1 aliphatic carbocycles. The van der Waals surface area contributed by atoms with Gasteiger partial charge >= 0.3 is 0 Å². The second kappa shape index (κ2) is 3.47. The molecule has 0 unspecified atom stereocenters. The molecule has 1 aromatic rings. The average molecular weight is 203 g/mol. The third-order valence-electron chi connectivity index (χ3n) is 2.78. The van der Waals surface area contributed by atoms with Gasteiger partial charge in [0.1, 0.15) is 0 Å². The molecule has 0 aromatic heterocycles. The van der Waals surface area contributed by atoms with Gasteiger partial charge in [0.15, 0.2) is 11.5 Å². The van der Waals surface area contributed by atoms with Gasteiger partial charge < -0.3 is 9.84 Å². The Balaban J connectivity index is 2.41. The molecular weight excluding hydrogens is 190 g/mol. The van der Waals surface area contributed by atoms with Gasteiger partial charge in [-0.05, 0) is 25.8 Å². The van der Waals surface area contributed by atoms with E-state index in [0.29, 0.717) is 17.9 Å². The van der Waals surface area contributed by atoms with Gasteiger partial charge in [0.2, 0.25) is 0 Å². The maximum Gasteiger partial charge on any atom is 0.162 e. The number of rotatable bonds is 3. The first-order valence-electron chi connectivity index (χ1n) is 5.10. The molecule has 15 heavy (non-hydrogen) atoms. The van der Waals surface area contributed by atoms with Gasteiger partial charge in [-0.1, -0.05) is 12.1 Å². The fourth-order valence-electron chi connectivity index (χ4n) is 1.75. The van der Waals surface area contributed by atoms with E-state index < -0.39 is 5.41 Å². The molecular formula is C12H13NO2. The first-order chi connectivity index (χ1) is 7.23. The Morgan fingerprint density at radius 1 is 1.53 bits per heavy atom. The van der Waals surface area contributed by atoms with E-state index in [4.69, 9.17) is 10.00 Å². The summed E-state index contributed by atoms with van der Waals surface area (Å²) in [5.41, 5.74) is 0.243. The normalized spacial score (nSPS) is 16.8. The Bertz CT molecular complexity index is 416. The maximum absolute atomic E-state index is 9.95. The van der Waals surface area contributed by atoms with Crippen molar-refractivity contribution in [3.05, 3.63) is 23.8 Å². The maximum atomic E-state index is 9.95. The van der Waals surface area contributed by atoms with Crippen molar-refractivity contribution in [1.29, 1.82) is 5.26 Å². The van der Waals surface area contributed by atoms with Crippen molar-refractivity contribution in [3.63, 3.8) is 0 Å². The summed E-state index contributed by atoms with van der Waals surface area (Å²) in [6.07, 6.45) is 1.65. The number of hydrogen-bond donors (Lipinski definition) is 1. The van der Waals surface area contributed by atoms with Gasteiger partial charge in [0.25, 0.3) is 0 Å². The predicted molar refractivity (Wildman–Crippen MR) is 55.8 cm³/mol. The predicted octanol–water partition coefficient (Wildman–Crippen LogP) is 2.35. The van der Waals surface area contributed by atoms with Crippen LogP contribution in [0.15, 0.2) is 18.2 Å². The Hall–Kier alpha value is -1.69. The first kappa shape index (κ1) is 9.85. The number of phenolic OH excluding ortho intramolecular Hbond substituents is 1. The number of ether oxygens (including phenoxy) is 1. The Morgan fingerprint density at radius 2 is 2.27 bits per heavy atom. The molecule has 0 aliphatic heterocycles. The lowest BCUT2D eigenvalue weighted by molar-refractivity contribution is 0.316. The minimum atomic E-state index is -0.461. The highest BCUT2D eigenvalue weighted by molar-refractivity contribution is 5.54. The summed E-state index contributed by atoms with van der Waals surface area (Å²) in [7, 11) is 0. The molecule has 1 aliphatic rings. The van der Waals surface area contributed by atoms with Crippen molar-refractivity contribution in [2.75, 3.05) is 6.61 Å². The zero-order valence-corrected chi connectivity index (χ0v) is 8.66. The highest BCUT2D eigenvalue weighted by atomic mass is 16.5. The van der Waals surface area contributed by atoms with Gasteiger partial charge in [-0.3, -0.25) is 0 Å². The number of benzene rings is 1. The molecule has 1 fully saturated rings. The lowest BCUT2D eigenvalue weighted by Crippen LogP contribution is -2.04. The molecule has 0 bridgehead atoms. The molecule has 0 radical (unpaired) electrons. The summed E-state index contributed by atoms with van der Waals surface area (Å²) in [5.74, 6) is 0.593. The summed E-state index contributed by atoms with van der Waals surface area (Å²) in [4.78, 5) is 0. The van der Waals surface area contributed by atoms with E-state index in [1.54, 1.807) is 12.1 Å². The van der Waals surface area contributed by atoms with Gasteiger partial charge in [0.05, 0.1) is 18.1 Å². The van der Waals surface area contributed by atoms with Crippen LogP contribution in [0.5, 0.6) is 11.5 Å². The van der Waals surface area contributed by atoms with Crippen LogP contribution in [0.2, 0.25) is 0 Å². The van der Waals surface area contributed by atoms with Crippen molar-refractivity contribution in [2.24, 2.45) is 0 Å². The molecule has 3 nitrogen and oxygen atoms in total. The SMILES string of the molecule is CCOc1cccc(C2(C#N)CC2)c1O. The summed E-state index contributed by atoms with van der Waals surface area (Å²) >= 11 is 0. The largest absolute Gasteiger partial charge is 0.504 e. The standard InChI is InChI=1S/C12H13NO2/c1-2-15-10-5-3-4-9(11(10)14)12(8-13)6-7-12/h3-5,14H,2,6-7H2,1H3. The smallest absolute Gasteiger partial charge is 0.162 e. The molecule has 78 valence electrons. The van der Waals surface area contributed by atoms with Gasteiger partial charge in [-0.2, -0.15) is 5.26 Å². The molecule has 1 aromatic carbocycles. The number of para-hydroxylation sites is 1. The molecule has 2 rings (SSSR count). The van der Waals surface area contributed by atoms with Crippen molar-refractivity contribution < 1.29 is 9.84 Å². The molecule has 0 amide bonds. The molecule has 1 N–H and O–H groups in total. The van der Waals surface area contributed by atoms with E-state index >= 15 is 0 Å². The van der Waals surface area contributed by atoms with Gasteiger partial charge in [0, 0.05) is 5.56 Å². The lowest BCUT2D eigenvalue weighted by atomic mass is 9.96. The summed E-state index contributed by atoms with van der Waals surface area (Å²) in [6, 6.07) is 7.60. The summed E-state index contributed by atoms with van der Waals surface area (Å²) in [6.45, 7) is 2.37. The Morgan fingerprint density at radius 3 is 2.80 bits per heavy atom. The number of hydrogen-bond acceptors (Lipinski definition) is 3. The van der Waals surface area contributed by atoms with E-state index in [9.17, 15) is 5.11 Å². The monoisotopic (exact) mass is 203 g/mol. The Labute approximate surface area is 88.9 Å². The van der Waals surface area contributed by atoms with Crippen molar-refractivity contribution >= 4 is 0 Å². The number of aromatic hydroxyl groups is 1. The van der Waals surface area contributed by atoms with Crippen LogP contribution in [0, 0.1) is 11.3 Å². The second-order valence-electron chi connectivity index (χ2n) is 3.78. The molecule has 0 spiro atoms. The van der Waals surface area contributed by atoms with Gasteiger partial charge in [-0.25, -0.2) is 0 Å².